The second kappa shape index (κ2) is 23.4. The van der Waals surface area contributed by atoms with Gasteiger partial charge in [-0.3, -0.25) is 29.4 Å². The summed E-state index contributed by atoms with van der Waals surface area (Å²) in [4.78, 5) is 88.0. The Morgan fingerprint density at radius 1 is 0.817 bits per heavy atom. The highest BCUT2D eigenvalue weighted by molar-refractivity contribution is 6.02. The van der Waals surface area contributed by atoms with Crippen LogP contribution in [-0.2, 0) is 32.0 Å². The molecule has 6 aromatic rings. The summed E-state index contributed by atoms with van der Waals surface area (Å²) >= 11 is 0. The lowest BCUT2D eigenvalue weighted by molar-refractivity contribution is -0.133. The van der Waals surface area contributed by atoms with Crippen molar-refractivity contribution in [1.29, 1.82) is 0 Å². The van der Waals surface area contributed by atoms with Gasteiger partial charge in [-0.25, -0.2) is 24.1 Å². The van der Waals surface area contributed by atoms with Crippen molar-refractivity contribution in [2.45, 2.75) is 39.4 Å². The smallest absolute Gasteiger partial charge is 0.412 e. The Kier molecular flexibility index (Phi) is 16.7. The number of carbonyl (C=O) groups is 5. The Morgan fingerprint density at radius 2 is 1.55 bits per heavy atom. The number of fused-ring (bicyclic) bond motifs is 1. The number of hydrogen-bond acceptors (Lipinski definition) is 12. The summed E-state index contributed by atoms with van der Waals surface area (Å²) in [7, 11) is 1.55. The molecule has 0 spiro atoms. The minimum absolute atomic E-state index is 0.0176. The molecule has 0 aliphatic carbocycles. The Labute approximate surface area is 409 Å². The van der Waals surface area contributed by atoms with Crippen molar-refractivity contribution in [3.05, 3.63) is 154 Å². The zero-order valence-electron chi connectivity index (χ0n) is 39.9. The summed E-state index contributed by atoms with van der Waals surface area (Å²) in [6.07, 6.45) is 0.225. The highest BCUT2D eigenvalue weighted by Crippen LogP contribution is 2.28. The number of methoxy groups -OCH3 is 1. The molecule has 18 nitrogen and oxygen atoms in total. The van der Waals surface area contributed by atoms with Gasteiger partial charge in [-0.05, 0) is 73.9 Å². The van der Waals surface area contributed by atoms with E-state index in [4.69, 9.17) is 18.9 Å². The van der Waals surface area contributed by atoms with Crippen LogP contribution in [0.1, 0.15) is 58.4 Å². The number of piperazine rings is 1. The Bertz CT molecular complexity index is 2940. The van der Waals surface area contributed by atoms with Crippen molar-refractivity contribution in [2.24, 2.45) is 0 Å². The van der Waals surface area contributed by atoms with Gasteiger partial charge < -0.3 is 34.1 Å². The third-order valence-electron chi connectivity index (χ3n) is 11.3. The third-order valence-corrected chi connectivity index (χ3v) is 11.3. The molecule has 0 atom stereocenters. The van der Waals surface area contributed by atoms with Crippen LogP contribution in [0.2, 0.25) is 0 Å². The summed E-state index contributed by atoms with van der Waals surface area (Å²) in [6, 6.07) is 29.2. The molecule has 1 aliphatic heterocycles. The van der Waals surface area contributed by atoms with Crippen molar-refractivity contribution in [2.75, 3.05) is 71.5 Å². The molecule has 4 aromatic carbocycles. The first-order chi connectivity index (χ1) is 34.1. The number of nitrogens with zero attached hydrogens (tertiary/aromatic N) is 5. The molecule has 1 fully saturated rings. The molecule has 3 heterocycles. The Morgan fingerprint density at radius 3 is 2.30 bits per heavy atom. The Balaban J connectivity index is 0.932. The highest BCUT2D eigenvalue weighted by Gasteiger charge is 2.29. The van der Waals surface area contributed by atoms with Crippen LogP contribution in [-0.4, -0.2) is 132 Å². The molecule has 1 aliphatic rings. The van der Waals surface area contributed by atoms with Crippen LogP contribution < -0.4 is 20.9 Å². The van der Waals surface area contributed by atoms with E-state index in [9.17, 15) is 28.8 Å². The van der Waals surface area contributed by atoms with Crippen LogP contribution in [0.5, 0.6) is 5.75 Å². The molecule has 0 radical (unpaired) electrons. The van der Waals surface area contributed by atoms with Crippen molar-refractivity contribution < 1.29 is 47.3 Å². The van der Waals surface area contributed by atoms with Gasteiger partial charge in [0.15, 0.2) is 5.69 Å². The number of aromatic nitrogens is 3. The van der Waals surface area contributed by atoms with Crippen molar-refractivity contribution in [3.63, 3.8) is 0 Å². The van der Waals surface area contributed by atoms with Crippen LogP contribution in [0.25, 0.3) is 21.9 Å². The number of anilines is 1. The van der Waals surface area contributed by atoms with Gasteiger partial charge in [0, 0.05) is 62.8 Å². The lowest BCUT2D eigenvalue weighted by Gasteiger charge is -2.36. The average Bonchev–Trinajstić information content (AvgIpc) is 3.37. The second-order valence-corrected chi connectivity index (χ2v) is 17.5. The zero-order chi connectivity index (χ0) is 50.5. The minimum atomic E-state index is -0.802. The first-order valence-corrected chi connectivity index (χ1v) is 22.9. The lowest BCUT2D eigenvalue weighted by Crippen LogP contribution is -2.53. The number of aromatic amines is 1. The van der Waals surface area contributed by atoms with Gasteiger partial charge in [-0.1, -0.05) is 66.7 Å². The lowest BCUT2D eigenvalue weighted by atomic mass is 10.0. The van der Waals surface area contributed by atoms with Crippen molar-refractivity contribution in [3.8, 4) is 16.9 Å². The molecular weight excluding hydrogens is 916 g/mol. The fourth-order valence-corrected chi connectivity index (χ4v) is 7.70. The molecule has 71 heavy (non-hydrogen) atoms. The van der Waals surface area contributed by atoms with E-state index < -0.39 is 41.3 Å². The van der Waals surface area contributed by atoms with Gasteiger partial charge in [0.05, 0.1) is 42.7 Å². The second-order valence-electron chi connectivity index (χ2n) is 17.5. The normalized spacial score (nSPS) is 12.5. The molecule has 19 heteroatoms. The van der Waals surface area contributed by atoms with Gasteiger partial charge in [0.1, 0.15) is 30.3 Å². The third kappa shape index (κ3) is 13.7. The summed E-state index contributed by atoms with van der Waals surface area (Å²) in [5.74, 6) is -1.60. The predicted molar refractivity (Wildman–Crippen MR) is 261 cm³/mol. The topological polar surface area (TPSA) is 215 Å². The molecule has 1 saturated heterocycles. The maximum absolute atomic E-state index is 15.2. The van der Waals surface area contributed by atoms with Gasteiger partial charge in [0.2, 0.25) is 5.91 Å². The minimum Gasteiger partial charge on any atom is -0.497 e. The van der Waals surface area contributed by atoms with E-state index in [1.54, 1.807) is 94.6 Å². The number of amides is 5. The molecular formula is C52H55FN8O10. The van der Waals surface area contributed by atoms with Crippen LogP contribution in [0, 0.1) is 5.82 Å². The van der Waals surface area contributed by atoms with E-state index >= 15 is 4.39 Å². The maximum Gasteiger partial charge on any atom is 0.412 e. The number of carbonyl (C=O) groups excluding carboxylic acids is 5. The zero-order valence-corrected chi connectivity index (χ0v) is 39.9. The van der Waals surface area contributed by atoms with Gasteiger partial charge >= 0.3 is 12.2 Å². The van der Waals surface area contributed by atoms with Crippen LogP contribution >= 0.6 is 0 Å². The standard InChI is InChI=1S/C52H55FN8O10/c1-52(2,3)71-50(66)56-44-30-37(36-13-10-14-38(29-36)68-4)31-55-46(44)48(64)54-19-25-69-26-24-61(51(67)70-33-34-11-6-5-7-12-34)32-45(62)59-20-22-60(23-21-59)49(65)41-27-35(17-18-42(41)53)28-43-39-15-8-9-16-40(39)47(63)58-57-43/h5-18,27,29-31H,19-26,28,32-33H2,1-4H3,(H,54,64)(H,56,66)(H,58,63). The molecule has 5 amide bonds. The molecule has 7 rings (SSSR count). The molecule has 370 valence electrons. The Hall–Kier alpha value is -8.19. The largest absolute Gasteiger partial charge is 0.497 e. The van der Waals surface area contributed by atoms with E-state index in [0.717, 1.165) is 11.1 Å². The van der Waals surface area contributed by atoms with Gasteiger partial charge in [-0.2, -0.15) is 5.10 Å². The molecule has 2 aromatic heterocycles. The predicted octanol–water partition coefficient (Wildman–Crippen LogP) is 6.44. The van der Waals surface area contributed by atoms with Crippen LogP contribution in [0.3, 0.4) is 0 Å². The van der Waals surface area contributed by atoms with Crippen LogP contribution in [0.4, 0.5) is 19.7 Å². The molecule has 3 N–H and O–H groups in total. The number of hydrogen-bond donors (Lipinski definition) is 3. The highest BCUT2D eigenvalue weighted by atomic mass is 19.1. The van der Waals surface area contributed by atoms with Crippen molar-refractivity contribution >= 4 is 46.4 Å². The van der Waals surface area contributed by atoms with E-state index in [-0.39, 0.29) is 94.6 Å². The monoisotopic (exact) mass is 970 g/mol. The van der Waals surface area contributed by atoms with E-state index in [1.807, 2.05) is 24.3 Å². The maximum atomic E-state index is 15.2. The summed E-state index contributed by atoms with van der Waals surface area (Å²) in [6.45, 7) is 5.26. The van der Waals surface area contributed by atoms with Crippen LogP contribution in [0.15, 0.2) is 114 Å². The summed E-state index contributed by atoms with van der Waals surface area (Å²) < 4.78 is 37.3. The summed E-state index contributed by atoms with van der Waals surface area (Å²) in [5, 5.41) is 13.2. The van der Waals surface area contributed by atoms with Crippen molar-refractivity contribution in [1.82, 2.24) is 35.2 Å². The van der Waals surface area contributed by atoms with Gasteiger partial charge in [-0.15, -0.1) is 0 Å². The molecule has 0 bridgehead atoms. The molecule has 0 unspecified atom stereocenters. The van der Waals surface area contributed by atoms with E-state index in [0.29, 0.717) is 33.3 Å². The number of ether oxygens (including phenoxy) is 4. The number of nitrogens with one attached hydrogen (secondary N) is 3. The number of pyridine rings is 1. The number of halogens is 1. The summed E-state index contributed by atoms with van der Waals surface area (Å²) in [5.41, 5.74) is 2.09. The molecule has 0 saturated carbocycles. The van der Waals surface area contributed by atoms with E-state index in [2.05, 4.69) is 25.8 Å². The number of benzene rings is 4. The number of H-pyrrole nitrogens is 1. The quantitative estimate of drug-likeness (QED) is 0.0843. The number of rotatable bonds is 17. The average molecular weight is 971 g/mol. The fraction of sp³-hybridized carbons (Fsp3) is 0.308. The fourth-order valence-electron chi connectivity index (χ4n) is 7.70. The first kappa shape index (κ1) is 50.7. The van der Waals surface area contributed by atoms with Gasteiger partial charge in [0.25, 0.3) is 17.4 Å². The first-order valence-electron chi connectivity index (χ1n) is 22.9. The SMILES string of the molecule is COc1cccc(-c2cnc(C(=O)NCCOCCN(CC(=O)N3CCN(C(=O)c4cc(Cc5n[nH]c(=O)c6ccccc56)ccc4F)CC3)C(=O)OCc3ccccc3)c(NC(=O)OC(C)(C)C)c2)c1. The van der Waals surface area contributed by atoms with E-state index in [1.165, 1.54) is 33.0 Å².